The molecule has 1 aliphatic heterocycles. The second-order valence-corrected chi connectivity index (χ2v) is 13.4. The van der Waals surface area contributed by atoms with Crippen molar-refractivity contribution < 1.29 is 19.1 Å². The van der Waals surface area contributed by atoms with Crippen molar-refractivity contribution in [2.45, 2.75) is 71.8 Å². The summed E-state index contributed by atoms with van der Waals surface area (Å²) in [6, 6.07) is 4.55. The van der Waals surface area contributed by atoms with Gasteiger partial charge in [-0.2, -0.15) is 5.10 Å². The highest BCUT2D eigenvalue weighted by Gasteiger charge is 2.50. The Kier molecular flexibility index (Phi) is 6.79. The van der Waals surface area contributed by atoms with Gasteiger partial charge in [-0.05, 0) is 63.6 Å². The molecule has 2 aliphatic rings. The number of halogens is 1. The molecule has 4 N–H and O–H groups in total. The molecule has 4 heterocycles. The molecule has 1 aliphatic carbocycles. The van der Waals surface area contributed by atoms with E-state index >= 15 is 0 Å². The molecule has 42 heavy (non-hydrogen) atoms. The van der Waals surface area contributed by atoms with Crippen LogP contribution >= 0.6 is 11.3 Å². The number of fused-ring (bicyclic) bond motifs is 2. The minimum atomic E-state index is -1.25. The fourth-order valence-electron chi connectivity index (χ4n) is 6.07. The lowest BCUT2D eigenvalue weighted by Crippen LogP contribution is -2.33. The largest absolute Gasteiger partial charge is 0.481 e. The molecule has 0 radical (unpaired) electrons. The third-order valence-electron chi connectivity index (χ3n) is 8.80. The van der Waals surface area contributed by atoms with Crippen molar-refractivity contribution >= 4 is 45.8 Å². The lowest BCUT2D eigenvalue weighted by Gasteiger charge is -2.26. The number of nitrogen functional groups attached to an aromatic ring is 1. The quantitative estimate of drug-likeness (QED) is 0.258. The molecule has 1 saturated carbocycles. The van der Waals surface area contributed by atoms with Crippen LogP contribution in [-0.2, 0) is 28.0 Å². The number of aliphatic carboxylic acids is 1. The van der Waals surface area contributed by atoms with Gasteiger partial charge in [-0.3, -0.25) is 14.3 Å². The Balaban J connectivity index is 1.37. The van der Waals surface area contributed by atoms with Crippen LogP contribution in [0.1, 0.15) is 69.6 Å². The molecular formula is C30H34FN7O3S. The van der Waals surface area contributed by atoms with Gasteiger partial charge < -0.3 is 16.2 Å². The molecule has 0 spiro atoms. The Labute approximate surface area is 246 Å². The number of hydrogen-bond donors (Lipinski definition) is 3. The molecule has 1 fully saturated rings. The first-order valence-electron chi connectivity index (χ1n) is 14.2. The normalized spacial score (nSPS) is 22.4. The number of amides is 1. The fraction of sp³-hybridized carbons (Fsp3) is 0.467. The van der Waals surface area contributed by atoms with Crippen molar-refractivity contribution in [2.75, 3.05) is 11.1 Å². The molecule has 0 bridgehead atoms. The van der Waals surface area contributed by atoms with E-state index in [0.29, 0.717) is 45.3 Å². The summed E-state index contributed by atoms with van der Waals surface area (Å²) in [5.41, 5.74) is 6.41. The van der Waals surface area contributed by atoms with Crippen LogP contribution in [0.5, 0.6) is 0 Å². The van der Waals surface area contributed by atoms with Crippen molar-refractivity contribution in [3.8, 4) is 11.5 Å². The fourth-order valence-corrected chi connectivity index (χ4v) is 7.06. The van der Waals surface area contributed by atoms with E-state index in [2.05, 4.69) is 22.2 Å². The number of hydrogen-bond acceptors (Lipinski definition) is 8. The van der Waals surface area contributed by atoms with Crippen LogP contribution in [0.4, 0.5) is 16.0 Å². The van der Waals surface area contributed by atoms with Crippen molar-refractivity contribution in [1.29, 1.82) is 0 Å². The van der Waals surface area contributed by atoms with Crippen molar-refractivity contribution in [1.82, 2.24) is 24.7 Å². The minimum absolute atomic E-state index is 0.115. The maximum Gasteiger partial charge on any atom is 0.309 e. The first-order valence-corrected chi connectivity index (χ1v) is 15.1. The number of carbonyl (C=O) groups is 2. The van der Waals surface area contributed by atoms with E-state index in [1.807, 2.05) is 4.68 Å². The topological polar surface area (TPSA) is 149 Å². The third-order valence-corrected chi connectivity index (χ3v) is 9.91. The highest BCUT2D eigenvalue weighted by atomic mass is 32.1. The summed E-state index contributed by atoms with van der Waals surface area (Å²) < 4.78 is 16.2. The zero-order valence-electron chi connectivity index (χ0n) is 24.1. The number of nitrogens with two attached hydrogens (primary N) is 1. The number of anilines is 2. The van der Waals surface area contributed by atoms with Crippen LogP contribution in [0.25, 0.3) is 22.4 Å². The number of carbonyl (C=O) groups excluding carboxylic acids is 1. The highest BCUT2D eigenvalue weighted by molar-refractivity contribution is 7.10. The van der Waals surface area contributed by atoms with E-state index in [9.17, 15) is 19.1 Å². The maximum absolute atomic E-state index is 14.4. The lowest BCUT2D eigenvalue weighted by atomic mass is 9.83. The summed E-state index contributed by atoms with van der Waals surface area (Å²) in [6.45, 7) is 7.94. The Bertz CT molecular complexity index is 1720. The molecule has 4 aromatic rings. The molecule has 220 valence electrons. The van der Waals surface area contributed by atoms with Gasteiger partial charge in [0.15, 0.2) is 5.82 Å². The summed E-state index contributed by atoms with van der Waals surface area (Å²) in [5.74, 6) is 0.186. The van der Waals surface area contributed by atoms with Gasteiger partial charge in [-0.15, -0.1) is 11.3 Å². The smallest absolute Gasteiger partial charge is 0.309 e. The average Bonchev–Trinajstić information content (AvgIpc) is 3.60. The van der Waals surface area contributed by atoms with E-state index < -0.39 is 16.8 Å². The Morgan fingerprint density at radius 2 is 1.98 bits per heavy atom. The molecular weight excluding hydrogens is 557 g/mol. The summed E-state index contributed by atoms with van der Waals surface area (Å²) in [7, 11) is 0. The number of nitrogens with one attached hydrogen (secondary N) is 1. The highest BCUT2D eigenvalue weighted by Crippen LogP contribution is 2.46. The van der Waals surface area contributed by atoms with Crippen LogP contribution in [0.2, 0.25) is 0 Å². The van der Waals surface area contributed by atoms with Crippen molar-refractivity contribution in [3.63, 3.8) is 0 Å². The van der Waals surface area contributed by atoms with Crippen LogP contribution in [0, 0.1) is 23.1 Å². The zero-order chi connectivity index (χ0) is 30.0. The first kappa shape index (κ1) is 28.2. The van der Waals surface area contributed by atoms with Crippen molar-refractivity contribution in [2.24, 2.45) is 17.3 Å². The summed E-state index contributed by atoms with van der Waals surface area (Å²) in [4.78, 5) is 39.0. The molecule has 1 amide bonds. The average molecular weight is 592 g/mol. The van der Waals surface area contributed by atoms with Crippen LogP contribution in [0.3, 0.4) is 0 Å². The molecule has 12 heteroatoms. The molecule has 0 saturated heterocycles. The summed E-state index contributed by atoms with van der Waals surface area (Å²) in [6.07, 6.45) is 4.76. The Morgan fingerprint density at radius 1 is 1.24 bits per heavy atom. The minimum Gasteiger partial charge on any atom is -0.481 e. The summed E-state index contributed by atoms with van der Waals surface area (Å²) in [5, 5.41) is 20.2. The number of carboxylic acid groups (broad SMARTS) is 1. The van der Waals surface area contributed by atoms with E-state index in [-0.39, 0.29) is 35.6 Å². The predicted molar refractivity (Wildman–Crippen MR) is 159 cm³/mol. The standard InChI is InChI=1S/C30H34FN7O3S/c1-15-5-7-16(8-6-15)13-38-20-11-17(31)9-10-19(20)22(37-38)25-34-23(32)21-24(35-25)36-26(39)30(21,4)27-33-18(14-42-27)12-29(2,3)28(40)41/h9-11,14-16H,5-8,12-13H2,1-4H3,(H,40,41)(H3,32,34,35,36,39). The second kappa shape index (κ2) is 10.1. The Hall–Kier alpha value is -3.93. The number of carboxylic acids is 1. The van der Waals surface area contributed by atoms with Gasteiger partial charge >= 0.3 is 5.97 Å². The lowest BCUT2D eigenvalue weighted by molar-refractivity contribution is -0.146. The second-order valence-electron chi connectivity index (χ2n) is 12.6. The van der Waals surface area contributed by atoms with Crippen molar-refractivity contribution in [3.05, 3.63) is 45.7 Å². The van der Waals surface area contributed by atoms with Gasteiger partial charge in [-0.25, -0.2) is 19.3 Å². The monoisotopic (exact) mass is 591 g/mol. The Morgan fingerprint density at radius 3 is 2.69 bits per heavy atom. The van der Waals surface area contributed by atoms with E-state index in [0.717, 1.165) is 18.8 Å². The molecule has 1 unspecified atom stereocenters. The van der Waals surface area contributed by atoms with Gasteiger partial charge in [0.1, 0.15) is 33.6 Å². The van der Waals surface area contributed by atoms with Gasteiger partial charge in [0.25, 0.3) is 0 Å². The number of nitrogens with zero attached hydrogens (tertiary/aromatic N) is 5. The maximum atomic E-state index is 14.4. The summed E-state index contributed by atoms with van der Waals surface area (Å²) >= 11 is 1.27. The molecule has 6 rings (SSSR count). The van der Waals surface area contributed by atoms with Gasteiger partial charge in [-0.1, -0.05) is 19.8 Å². The third kappa shape index (κ3) is 4.71. The van der Waals surface area contributed by atoms with E-state index in [4.69, 9.17) is 15.8 Å². The molecule has 1 aromatic carbocycles. The van der Waals surface area contributed by atoms with Gasteiger partial charge in [0, 0.05) is 23.7 Å². The number of rotatable bonds is 7. The van der Waals surface area contributed by atoms with E-state index in [1.165, 1.54) is 36.3 Å². The van der Waals surface area contributed by atoms with Gasteiger partial charge in [0.05, 0.1) is 22.2 Å². The van der Waals surface area contributed by atoms with Crippen LogP contribution in [0.15, 0.2) is 23.6 Å². The number of aromatic nitrogens is 5. The number of benzene rings is 1. The zero-order valence-corrected chi connectivity index (χ0v) is 24.9. The predicted octanol–water partition coefficient (Wildman–Crippen LogP) is 5.41. The van der Waals surface area contributed by atoms with Crippen LogP contribution in [-0.4, -0.2) is 41.7 Å². The molecule has 3 aromatic heterocycles. The van der Waals surface area contributed by atoms with Gasteiger partial charge in [0.2, 0.25) is 5.91 Å². The van der Waals surface area contributed by atoms with E-state index in [1.54, 1.807) is 32.2 Å². The molecule has 1 atom stereocenters. The number of thiazole rings is 1. The van der Waals surface area contributed by atoms with Crippen LogP contribution < -0.4 is 11.1 Å². The SMILES string of the molecule is CC1CCC(Cn2nc(-c3nc(N)c4c(n3)NC(=O)C4(C)c3nc(CC(C)(C)C(=O)O)cs3)c3ccc(F)cc32)CC1. The first-order chi connectivity index (χ1) is 19.9. The molecule has 10 nitrogen and oxygen atoms in total.